The third-order valence-corrected chi connectivity index (χ3v) is 3.80. The van der Waals surface area contributed by atoms with Crippen LogP contribution in [-0.2, 0) is 4.79 Å². The minimum atomic E-state index is -1.42. The molecule has 2 rings (SSSR count). The number of nitrogens with one attached hydrogen (secondary N) is 1. The van der Waals surface area contributed by atoms with Gasteiger partial charge in [-0.3, -0.25) is 14.9 Å². The Balaban J connectivity index is 2.39. The highest BCUT2D eigenvalue weighted by molar-refractivity contribution is 6.03. The molecule has 0 atom stereocenters. The first kappa shape index (κ1) is 21.2. The second-order valence-corrected chi connectivity index (χ2v) is 5.58. The molecule has 2 aromatic rings. The van der Waals surface area contributed by atoms with Gasteiger partial charge in [-0.2, -0.15) is 0 Å². The van der Waals surface area contributed by atoms with Gasteiger partial charge in [0.2, 0.25) is 5.75 Å². The van der Waals surface area contributed by atoms with Gasteiger partial charge in [0.1, 0.15) is 5.70 Å². The van der Waals surface area contributed by atoms with Crippen molar-refractivity contribution < 1.29 is 33.8 Å². The molecule has 0 fully saturated rings. The predicted octanol–water partition coefficient (Wildman–Crippen LogP) is 2.48. The first-order chi connectivity index (χ1) is 13.8. The lowest BCUT2D eigenvalue weighted by Crippen LogP contribution is -2.27. The summed E-state index contributed by atoms with van der Waals surface area (Å²) >= 11 is 0. The van der Waals surface area contributed by atoms with Crippen molar-refractivity contribution in [3.05, 3.63) is 63.3 Å². The van der Waals surface area contributed by atoms with Crippen LogP contribution in [0.3, 0.4) is 0 Å². The van der Waals surface area contributed by atoms with Crippen LogP contribution >= 0.6 is 0 Å². The number of ether oxygens (including phenoxy) is 3. The van der Waals surface area contributed by atoms with Crippen LogP contribution in [0.5, 0.6) is 17.2 Å². The SMILES string of the molecule is COc1cc(C(=O)N/C(=C/c2cccc([N+](=O)[O-])c2)C(=O)O)cc(OC)c1OC. The van der Waals surface area contributed by atoms with Gasteiger partial charge in [0.25, 0.3) is 11.6 Å². The molecule has 0 aliphatic rings. The smallest absolute Gasteiger partial charge is 0.352 e. The molecule has 0 saturated carbocycles. The molecule has 0 spiro atoms. The van der Waals surface area contributed by atoms with Crippen molar-refractivity contribution in [2.75, 3.05) is 21.3 Å². The number of hydrogen-bond donors (Lipinski definition) is 2. The molecule has 10 heteroatoms. The lowest BCUT2D eigenvalue weighted by atomic mass is 10.1. The lowest BCUT2D eigenvalue weighted by Gasteiger charge is -2.14. The molecule has 2 N–H and O–H groups in total. The first-order valence-corrected chi connectivity index (χ1v) is 8.11. The number of non-ortho nitro benzene ring substituents is 1. The number of benzene rings is 2. The summed E-state index contributed by atoms with van der Waals surface area (Å²) in [7, 11) is 4.16. The summed E-state index contributed by atoms with van der Waals surface area (Å²) in [6.07, 6.45) is 1.12. The van der Waals surface area contributed by atoms with Gasteiger partial charge in [0.15, 0.2) is 11.5 Å². The molecule has 0 bridgehead atoms. The number of nitrogens with zero attached hydrogens (tertiary/aromatic N) is 1. The summed E-state index contributed by atoms with van der Waals surface area (Å²) in [4.78, 5) is 34.4. The maximum absolute atomic E-state index is 12.6. The lowest BCUT2D eigenvalue weighted by molar-refractivity contribution is -0.384. The van der Waals surface area contributed by atoms with E-state index in [0.29, 0.717) is 0 Å². The average molecular weight is 402 g/mol. The molecular weight excluding hydrogens is 384 g/mol. The summed E-state index contributed by atoms with van der Waals surface area (Å²) < 4.78 is 15.5. The number of rotatable bonds is 8. The van der Waals surface area contributed by atoms with Gasteiger partial charge in [-0.25, -0.2) is 4.79 Å². The van der Waals surface area contributed by atoms with Crippen LogP contribution in [0.2, 0.25) is 0 Å². The average Bonchev–Trinajstić information content (AvgIpc) is 2.71. The largest absolute Gasteiger partial charge is 0.493 e. The fourth-order valence-corrected chi connectivity index (χ4v) is 2.45. The fraction of sp³-hybridized carbons (Fsp3) is 0.158. The van der Waals surface area contributed by atoms with Crippen molar-refractivity contribution in [2.24, 2.45) is 0 Å². The number of carboxylic acid groups (broad SMARTS) is 1. The Kier molecular flexibility index (Phi) is 6.75. The van der Waals surface area contributed by atoms with Crippen molar-refractivity contribution in [3.63, 3.8) is 0 Å². The molecule has 10 nitrogen and oxygen atoms in total. The Morgan fingerprint density at radius 1 is 1.07 bits per heavy atom. The maximum Gasteiger partial charge on any atom is 0.352 e. The van der Waals surface area contributed by atoms with Crippen LogP contribution in [0.25, 0.3) is 6.08 Å². The molecule has 152 valence electrons. The summed E-state index contributed by atoms with van der Waals surface area (Å²) in [5, 5.41) is 22.6. The number of methoxy groups -OCH3 is 3. The normalized spacial score (nSPS) is 10.8. The zero-order chi connectivity index (χ0) is 21.6. The van der Waals surface area contributed by atoms with E-state index in [1.54, 1.807) is 0 Å². The van der Waals surface area contributed by atoms with Crippen molar-refractivity contribution in [1.29, 1.82) is 0 Å². The fourth-order valence-electron chi connectivity index (χ4n) is 2.45. The zero-order valence-electron chi connectivity index (χ0n) is 15.8. The van der Waals surface area contributed by atoms with E-state index in [2.05, 4.69) is 5.32 Å². The molecule has 0 saturated heterocycles. The van der Waals surface area contributed by atoms with Crippen LogP contribution in [0, 0.1) is 10.1 Å². The molecular formula is C19H18N2O8. The minimum absolute atomic E-state index is 0.0608. The van der Waals surface area contributed by atoms with Crippen LogP contribution in [0.1, 0.15) is 15.9 Å². The van der Waals surface area contributed by atoms with Gasteiger partial charge >= 0.3 is 5.97 Å². The second kappa shape index (κ2) is 9.22. The monoisotopic (exact) mass is 402 g/mol. The number of aliphatic carboxylic acids is 1. The molecule has 0 aliphatic heterocycles. The molecule has 0 unspecified atom stereocenters. The van der Waals surface area contributed by atoms with E-state index in [9.17, 15) is 24.8 Å². The van der Waals surface area contributed by atoms with Crippen molar-refractivity contribution in [2.45, 2.75) is 0 Å². The Morgan fingerprint density at radius 2 is 1.69 bits per heavy atom. The summed E-state index contributed by atoms with van der Waals surface area (Å²) in [5.41, 5.74) is -0.379. The Hall–Kier alpha value is -4.08. The number of amides is 1. The summed E-state index contributed by atoms with van der Waals surface area (Å²) in [6, 6.07) is 8.07. The number of carbonyl (C=O) groups is 2. The number of carbonyl (C=O) groups excluding carboxylic acids is 1. The number of nitro groups is 1. The van der Waals surface area contributed by atoms with E-state index in [1.165, 1.54) is 57.7 Å². The highest BCUT2D eigenvalue weighted by Crippen LogP contribution is 2.38. The van der Waals surface area contributed by atoms with E-state index in [-0.39, 0.29) is 34.1 Å². The van der Waals surface area contributed by atoms with E-state index >= 15 is 0 Å². The predicted molar refractivity (Wildman–Crippen MR) is 102 cm³/mol. The van der Waals surface area contributed by atoms with Gasteiger partial charge in [0, 0.05) is 17.7 Å². The van der Waals surface area contributed by atoms with E-state index in [0.717, 1.165) is 6.08 Å². The van der Waals surface area contributed by atoms with Crippen molar-refractivity contribution in [1.82, 2.24) is 5.32 Å². The van der Waals surface area contributed by atoms with Crippen LogP contribution in [0.15, 0.2) is 42.1 Å². The topological polar surface area (TPSA) is 137 Å². The van der Waals surface area contributed by atoms with Gasteiger partial charge in [-0.1, -0.05) is 12.1 Å². The van der Waals surface area contributed by atoms with Gasteiger partial charge in [-0.15, -0.1) is 0 Å². The standard InChI is InChI=1S/C19H18N2O8/c1-27-15-9-12(10-16(28-2)17(15)29-3)18(22)20-14(19(23)24)8-11-5-4-6-13(7-11)21(25)26/h4-10H,1-3H3,(H,20,22)(H,23,24)/b14-8+. The van der Waals surface area contributed by atoms with E-state index in [1.807, 2.05) is 0 Å². The summed E-state index contributed by atoms with van der Waals surface area (Å²) in [6.45, 7) is 0. The molecule has 1 amide bonds. The molecule has 0 aromatic heterocycles. The molecule has 0 heterocycles. The van der Waals surface area contributed by atoms with Crippen molar-refractivity contribution >= 4 is 23.6 Å². The van der Waals surface area contributed by atoms with Gasteiger partial charge in [-0.05, 0) is 23.8 Å². The second-order valence-electron chi connectivity index (χ2n) is 5.58. The van der Waals surface area contributed by atoms with Gasteiger partial charge < -0.3 is 24.6 Å². The molecule has 0 aliphatic carbocycles. The third kappa shape index (κ3) is 5.01. The number of hydrogen-bond acceptors (Lipinski definition) is 7. The number of carboxylic acids is 1. The van der Waals surface area contributed by atoms with Crippen LogP contribution in [0.4, 0.5) is 5.69 Å². The Labute approximate surface area is 165 Å². The van der Waals surface area contributed by atoms with Crippen LogP contribution in [-0.4, -0.2) is 43.2 Å². The Bertz CT molecular complexity index is 959. The Morgan fingerprint density at radius 3 is 2.17 bits per heavy atom. The third-order valence-electron chi connectivity index (χ3n) is 3.80. The highest BCUT2D eigenvalue weighted by Gasteiger charge is 2.19. The molecule has 0 radical (unpaired) electrons. The number of nitro benzene ring substituents is 1. The van der Waals surface area contributed by atoms with E-state index in [4.69, 9.17) is 14.2 Å². The van der Waals surface area contributed by atoms with Gasteiger partial charge in [0.05, 0.1) is 26.3 Å². The summed E-state index contributed by atoms with van der Waals surface area (Å²) in [5.74, 6) is -1.45. The molecule has 2 aromatic carbocycles. The zero-order valence-corrected chi connectivity index (χ0v) is 15.8. The first-order valence-electron chi connectivity index (χ1n) is 8.11. The maximum atomic E-state index is 12.6. The highest BCUT2D eigenvalue weighted by atomic mass is 16.6. The molecule has 29 heavy (non-hydrogen) atoms. The minimum Gasteiger partial charge on any atom is -0.493 e. The quantitative estimate of drug-likeness (QED) is 0.390. The van der Waals surface area contributed by atoms with Crippen molar-refractivity contribution in [3.8, 4) is 17.2 Å². The van der Waals surface area contributed by atoms with E-state index < -0.39 is 22.5 Å². The van der Waals surface area contributed by atoms with Crippen LogP contribution < -0.4 is 19.5 Å².